The number of H-pyrrole nitrogens is 1. The number of ether oxygens (including phenoxy) is 1. The molecule has 1 saturated heterocycles. The van der Waals surface area contributed by atoms with Crippen LogP contribution in [0.5, 0.6) is 0 Å². The Bertz CT molecular complexity index is 1180. The van der Waals surface area contributed by atoms with E-state index in [0.29, 0.717) is 40.5 Å². The highest BCUT2D eigenvalue weighted by Crippen LogP contribution is 2.24. The summed E-state index contributed by atoms with van der Waals surface area (Å²) < 4.78 is 5.12. The van der Waals surface area contributed by atoms with Crippen molar-refractivity contribution < 1.29 is 9.53 Å². The first kappa shape index (κ1) is 20.0. The first-order valence-corrected chi connectivity index (χ1v) is 9.87. The molecule has 2 N–H and O–H groups in total. The summed E-state index contributed by atoms with van der Waals surface area (Å²) in [5.41, 5.74) is 0.646. The molecule has 156 valence electrons. The Hall–Kier alpha value is -3.27. The van der Waals surface area contributed by atoms with E-state index in [4.69, 9.17) is 16.3 Å². The quantitative estimate of drug-likeness (QED) is 0.633. The minimum absolute atomic E-state index is 0.134. The van der Waals surface area contributed by atoms with Gasteiger partial charge in [-0.05, 0) is 32.4 Å². The molecule has 2 atom stereocenters. The van der Waals surface area contributed by atoms with Gasteiger partial charge in [0, 0.05) is 17.1 Å². The van der Waals surface area contributed by atoms with Crippen LogP contribution in [0.3, 0.4) is 0 Å². The second kappa shape index (κ2) is 7.86. The van der Waals surface area contributed by atoms with Crippen LogP contribution in [0.2, 0.25) is 5.02 Å². The molecule has 3 aromatic heterocycles. The zero-order valence-electron chi connectivity index (χ0n) is 16.6. The van der Waals surface area contributed by atoms with Gasteiger partial charge in [0.05, 0.1) is 17.1 Å². The third-order valence-corrected chi connectivity index (χ3v) is 5.09. The summed E-state index contributed by atoms with van der Waals surface area (Å²) in [7, 11) is 0. The number of carbonyl (C=O) groups is 1. The van der Waals surface area contributed by atoms with Crippen LogP contribution in [-0.4, -0.2) is 43.7 Å². The predicted molar refractivity (Wildman–Crippen MR) is 112 cm³/mol. The van der Waals surface area contributed by atoms with Gasteiger partial charge in [-0.3, -0.25) is 4.79 Å². The van der Waals surface area contributed by atoms with Gasteiger partial charge in [0.15, 0.2) is 0 Å². The highest BCUT2D eigenvalue weighted by atomic mass is 35.5. The van der Waals surface area contributed by atoms with E-state index in [1.807, 2.05) is 13.8 Å². The fourth-order valence-corrected chi connectivity index (χ4v) is 3.49. The average molecular weight is 430 g/mol. The van der Waals surface area contributed by atoms with Gasteiger partial charge in [-0.15, -0.1) is 0 Å². The lowest BCUT2D eigenvalue weighted by Gasteiger charge is -2.20. The van der Waals surface area contributed by atoms with Crippen LogP contribution < -0.4 is 15.8 Å². The van der Waals surface area contributed by atoms with E-state index in [1.165, 1.54) is 11.1 Å². The molecule has 1 amide bonds. The number of amides is 1. The first-order valence-electron chi connectivity index (χ1n) is 9.49. The van der Waals surface area contributed by atoms with Crippen molar-refractivity contribution in [1.82, 2.24) is 24.9 Å². The van der Waals surface area contributed by atoms with Crippen molar-refractivity contribution in [3.05, 3.63) is 45.1 Å². The molecule has 10 nitrogen and oxygen atoms in total. The molecule has 0 saturated carbocycles. The maximum absolute atomic E-state index is 12.5. The number of aryl methyl sites for hydroxylation is 1. The molecule has 1 aliphatic heterocycles. The Balaban J connectivity index is 1.65. The van der Waals surface area contributed by atoms with Gasteiger partial charge in [0.1, 0.15) is 18.1 Å². The lowest BCUT2D eigenvalue weighted by atomic mass is 10.1. The van der Waals surface area contributed by atoms with Crippen molar-refractivity contribution in [3.8, 4) is 0 Å². The third kappa shape index (κ3) is 3.78. The van der Waals surface area contributed by atoms with Crippen molar-refractivity contribution in [2.75, 3.05) is 16.8 Å². The van der Waals surface area contributed by atoms with E-state index in [-0.39, 0.29) is 23.5 Å². The number of aromatic nitrogens is 5. The molecule has 0 aromatic carbocycles. The highest BCUT2D eigenvalue weighted by molar-refractivity contribution is 6.31. The number of fused-ring (bicyclic) bond motifs is 1. The van der Waals surface area contributed by atoms with E-state index in [0.717, 1.165) is 0 Å². The average Bonchev–Trinajstić information content (AvgIpc) is 3.07. The normalized spacial score (nSPS) is 17.3. The molecule has 4 rings (SSSR count). The number of halogens is 1. The van der Waals surface area contributed by atoms with Gasteiger partial charge in [0.2, 0.25) is 11.9 Å². The Morgan fingerprint density at radius 3 is 2.90 bits per heavy atom. The smallest absolute Gasteiger partial charge is 0.417 e. The highest BCUT2D eigenvalue weighted by Gasteiger charge is 2.35. The topological polar surface area (TPSA) is 126 Å². The molecule has 1 unspecified atom stereocenters. The van der Waals surface area contributed by atoms with Crippen LogP contribution in [0, 0.1) is 6.92 Å². The summed E-state index contributed by atoms with van der Waals surface area (Å²) in [6, 6.07) is 2.89. The Morgan fingerprint density at radius 2 is 2.13 bits per heavy atom. The molecule has 0 radical (unpaired) electrons. The SMILES string of the molecule is CC[C@H]1COC(=O)N1c1nc(C)nc(NC(C)c2cc3cc(Cl)cnc3[nH]c2=O)n1. The Kier molecular flexibility index (Phi) is 5.25. The minimum Gasteiger partial charge on any atom is -0.447 e. The van der Waals surface area contributed by atoms with Crippen molar-refractivity contribution in [2.24, 2.45) is 0 Å². The van der Waals surface area contributed by atoms with Crippen molar-refractivity contribution >= 4 is 40.6 Å². The zero-order chi connectivity index (χ0) is 21.4. The molecule has 3 aromatic rings. The fraction of sp³-hybridized carbons (Fsp3) is 0.368. The van der Waals surface area contributed by atoms with Crippen LogP contribution in [0.1, 0.15) is 37.7 Å². The van der Waals surface area contributed by atoms with Crippen LogP contribution in [0.15, 0.2) is 23.1 Å². The molecular formula is C19H20ClN7O3. The summed E-state index contributed by atoms with van der Waals surface area (Å²) in [6.45, 7) is 5.77. The van der Waals surface area contributed by atoms with E-state index < -0.39 is 12.1 Å². The van der Waals surface area contributed by atoms with Crippen LogP contribution in [0.4, 0.5) is 16.7 Å². The number of carbonyl (C=O) groups excluding carboxylic acids is 1. The molecule has 1 fully saturated rings. The van der Waals surface area contributed by atoms with E-state index in [9.17, 15) is 9.59 Å². The molecule has 11 heteroatoms. The van der Waals surface area contributed by atoms with E-state index in [2.05, 4.69) is 30.2 Å². The molecule has 30 heavy (non-hydrogen) atoms. The molecule has 0 aliphatic carbocycles. The van der Waals surface area contributed by atoms with Gasteiger partial charge in [-0.1, -0.05) is 18.5 Å². The lowest BCUT2D eigenvalue weighted by molar-refractivity contribution is 0.178. The zero-order valence-corrected chi connectivity index (χ0v) is 17.4. The summed E-state index contributed by atoms with van der Waals surface area (Å²) >= 11 is 6.01. The summed E-state index contributed by atoms with van der Waals surface area (Å²) in [6.07, 6.45) is 1.70. The van der Waals surface area contributed by atoms with Crippen LogP contribution in [-0.2, 0) is 4.74 Å². The van der Waals surface area contributed by atoms with Crippen molar-refractivity contribution in [2.45, 2.75) is 39.3 Å². The number of hydrogen-bond donors (Lipinski definition) is 2. The first-order chi connectivity index (χ1) is 14.4. The van der Waals surface area contributed by atoms with Crippen molar-refractivity contribution in [1.29, 1.82) is 0 Å². The number of cyclic esters (lactones) is 1. The molecule has 0 bridgehead atoms. The maximum atomic E-state index is 12.5. The van der Waals surface area contributed by atoms with Gasteiger partial charge in [0.25, 0.3) is 5.56 Å². The maximum Gasteiger partial charge on any atom is 0.417 e. The van der Waals surface area contributed by atoms with E-state index >= 15 is 0 Å². The van der Waals surface area contributed by atoms with Crippen LogP contribution in [0.25, 0.3) is 11.0 Å². The third-order valence-electron chi connectivity index (χ3n) is 4.88. The van der Waals surface area contributed by atoms with Crippen molar-refractivity contribution in [3.63, 3.8) is 0 Å². The number of rotatable bonds is 5. The van der Waals surface area contributed by atoms with Gasteiger partial charge in [-0.25, -0.2) is 14.7 Å². The molecular weight excluding hydrogens is 410 g/mol. The Labute approximate surface area is 176 Å². The second-order valence-electron chi connectivity index (χ2n) is 7.03. The summed E-state index contributed by atoms with van der Waals surface area (Å²) in [4.78, 5) is 45.9. The molecule has 1 aliphatic rings. The second-order valence-corrected chi connectivity index (χ2v) is 7.46. The standard InChI is InChI=1S/C19H20ClN7O3/c1-4-13-8-30-19(29)27(13)18-24-10(3)23-17(26-18)22-9(2)14-6-11-5-12(20)7-21-15(11)25-16(14)28/h5-7,9,13H,4,8H2,1-3H3,(H,21,25,28)(H,22,23,24,26)/t9?,13-/m0/s1. The lowest BCUT2D eigenvalue weighted by Crippen LogP contribution is -2.35. The summed E-state index contributed by atoms with van der Waals surface area (Å²) in [5.74, 6) is 0.908. The van der Waals surface area contributed by atoms with Crippen LogP contribution >= 0.6 is 11.6 Å². The minimum atomic E-state index is -0.484. The number of nitrogens with zero attached hydrogens (tertiary/aromatic N) is 5. The Morgan fingerprint density at radius 1 is 1.33 bits per heavy atom. The fourth-order valence-electron chi connectivity index (χ4n) is 3.32. The van der Waals surface area contributed by atoms with Gasteiger partial charge in [-0.2, -0.15) is 15.0 Å². The number of hydrogen-bond acceptors (Lipinski definition) is 8. The molecule has 4 heterocycles. The monoisotopic (exact) mass is 429 g/mol. The van der Waals surface area contributed by atoms with E-state index in [1.54, 1.807) is 19.1 Å². The largest absolute Gasteiger partial charge is 0.447 e. The number of anilines is 2. The number of aromatic amines is 1. The number of pyridine rings is 2. The van der Waals surface area contributed by atoms with Gasteiger partial charge < -0.3 is 15.0 Å². The predicted octanol–water partition coefficient (Wildman–Crippen LogP) is 2.98. The number of nitrogens with one attached hydrogen (secondary N) is 2. The summed E-state index contributed by atoms with van der Waals surface area (Å²) in [5, 5.41) is 4.30. The molecule has 0 spiro atoms. The van der Waals surface area contributed by atoms with Gasteiger partial charge >= 0.3 is 6.09 Å².